The summed E-state index contributed by atoms with van der Waals surface area (Å²) in [5.74, 6) is 0.999. The Labute approximate surface area is 137 Å². The molecule has 0 unspecified atom stereocenters. The zero-order valence-corrected chi connectivity index (χ0v) is 13.2. The van der Waals surface area contributed by atoms with E-state index in [2.05, 4.69) is 41.2 Å². The number of hydrogen-bond donors (Lipinski definition) is 2. The van der Waals surface area contributed by atoms with Gasteiger partial charge in [-0.3, -0.25) is 10.1 Å². The number of aromatic amines is 1. The van der Waals surface area contributed by atoms with E-state index < -0.39 is 4.92 Å². The van der Waals surface area contributed by atoms with Gasteiger partial charge in [0.15, 0.2) is 5.65 Å². The number of hydrogen-bond acceptors (Lipinski definition) is 6. The highest BCUT2D eigenvalue weighted by Gasteiger charge is 2.11. The highest BCUT2D eigenvalue weighted by Crippen LogP contribution is 2.24. The Bertz CT molecular complexity index is 868. The zero-order chi connectivity index (χ0) is 15.7. The van der Waals surface area contributed by atoms with Crippen LogP contribution < -0.4 is 5.32 Å². The smallest absolute Gasteiger partial charge is 0.289 e. The number of aromatic nitrogens is 4. The molecule has 0 aromatic carbocycles. The molecule has 0 radical (unpaired) electrons. The molecule has 0 amide bonds. The van der Waals surface area contributed by atoms with Gasteiger partial charge >= 0.3 is 0 Å². The van der Waals surface area contributed by atoms with Gasteiger partial charge in [0.25, 0.3) is 5.69 Å². The fraction of sp³-hybridized carbons (Fsp3) is 0.0833. The Balaban J connectivity index is 1.77. The molecule has 8 nitrogen and oxygen atoms in total. The van der Waals surface area contributed by atoms with E-state index in [4.69, 9.17) is 11.6 Å². The lowest BCUT2D eigenvalue weighted by Crippen LogP contribution is -2.04. The minimum absolute atomic E-state index is 0.159. The molecule has 10 heteroatoms. The molecule has 0 aliphatic carbocycles. The van der Waals surface area contributed by atoms with E-state index in [1.54, 1.807) is 6.20 Å². The quantitative estimate of drug-likeness (QED) is 0.528. The monoisotopic (exact) mass is 382 g/mol. The molecular weight excluding hydrogens is 376 g/mol. The lowest BCUT2D eigenvalue weighted by atomic mass is 10.4. The SMILES string of the molecule is O=[N+]([O-])c1cnc(NCc2nc3ncc(Br)cc3[nH]2)c(Cl)c1. The Morgan fingerprint density at radius 1 is 1.36 bits per heavy atom. The van der Waals surface area contributed by atoms with Gasteiger partial charge in [-0.05, 0) is 22.0 Å². The van der Waals surface area contributed by atoms with Crippen molar-refractivity contribution in [2.24, 2.45) is 0 Å². The van der Waals surface area contributed by atoms with Crippen LogP contribution in [0.4, 0.5) is 11.5 Å². The van der Waals surface area contributed by atoms with Crippen LogP contribution in [0.15, 0.2) is 29.0 Å². The summed E-state index contributed by atoms with van der Waals surface area (Å²) in [5, 5.41) is 13.8. The Morgan fingerprint density at radius 3 is 2.91 bits per heavy atom. The lowest BCUT2D eigenvalue weighted by molar-refractivity contribution is -0.385. The maximum absolute atomic E-state index is 10.6. The number of halogens is 2. The predicted octanol–water partition coefficient (Wildman–Crippen LogP) is 3.29. The first kappa shape index (κ1) is 14.7. The second-order valence-corrected chi connectivity index (χ2v) is 5.67. The van der Waals surface area contributed by atoms with Crippen molar-refractivity contribution in [3.8, 4) is 0 Å². The van der Waals surface area contributed by atoms with Gasteiger partial charge in [-0.1, -0.05) is 11.6 Å². The number of anilines is 1. The molecule has 0 aliphatic rings. The zero-order valence-electron chi connectivity index (χ0n) is 10.9. The average molecular weight is 384 g/mol. The van der Waals surface area contributed by atoms with Crippen molar-refractivity contribution in [3.05, 3.63) is 50.0 Å². The molecule has 3 rings (SSSR count). The van der Waals surface area contributed by atoms with E-state index in [0.717, 1.165) is 16.2 Å². The minimum Gasteiger partial charge on any atom is -0.362 e. The van der Waals surface area contributed by atoms with Gasteiger partial charge in [0.05, 0.1) is 22.0 Å². The van der Waals surface area contributed by atoms with Crippen LogP contribution in [0.3, 0.4) is 0 Å². The van der Waals surface area contributed by atoms with Gasteiger partial charge in [0.2, 0.25) is 0 Å². The van der Waals surface area contributed by atoms with Crippen LogP contribution in [0, 0.1) is 10.1 Å². The fourth-order valence-electron chi connectivity index (χ4n) is 1.83. The van der Waals surface area contributed by atoms with Gasteiger partial charge in [-0.15, -0.1) is 0 Å². The fourth-order valence-corrected chi connectivity index (χ4v) is 2.39. The van der Waals surface area contributed by atoms with Gasteiger partial charge in [0, 0.05) is 16.7 Å². The van der Waals surface area contributed by atoms with Crippen molar-refractivity contribution in [2.45, 2.75) is 6.54 Å². The van der Waals surface area contributed by atoms with Crippen LogP contribution in [-0.4, -0.2) is 24.9 Å². The summed E-state index contributed by atoms with van der Waals surface area (Å²) >= 11 is 9.30. The van der Waals surface area contributed by atoms with E-state index in [9.17, 15) is 10.1 Å². The number of imidazole rings is 1. The number of rotatable bonds is 4. The van der Waals surface area contributed by atoms with Crippen molar-refractivity contribution >= 4 is 50.2 Å². The first-order valence-electron chi connectivity index (χ1n) is 6.07. The summed E-state index contributed by atoms with van der Waals surface area (Å²) in [5.41, 5.74) is 1.24. The van der Waals surface area contributed by atoms with Crippen molar-refractivity contribution in [2.75, 3.05) is 5.32 Å². The molecule has 2 N–H and O–H groups in total. The molecule has 0 saturated carbocycles. The predicted molar refractivity (Wildman–Crippen MR) is 84.8 cm³/mol. The largest absolute Gasteiger partial charge is 0.362 e. The molecule has 3 aromatic heterocycles. The Kier molecular flexibility index (Phi) is 3.90. The molecule has 0 bridgehead atoms. The van der Waals surface area contributed by atoms with Crippen LogP contribution in [0.2, 0.25) is 5.02 Å². The van der Waals surface area contributed by atoms with Crippen molar-refractivity contribution < 1.29 is 4.92 Å². The van der Waals surface area contributed by atoms with E-state index >= 15 is 0 Å². The van der Waals surface area contributed by atoms with Gasteiger partial charge < -0.3 is 10.3 Å². The van der Waals surface area contributed by atoms with E-state index in [1.807, 2.05) is 6.07 Å². The number of nitro groups is 1. The highest BCUT2D eigenvalue weighted by atomic mass is 79.9. The number of pyridine rings is 2. The third-order valence-corrected chi connectivity index (χ3v) is 3.54. The molecule has 0 spiro atoms. The molecule has 0 aliphatic heterocycles. The number of fused-ring (bicyclic) bond motifs is 1. The second-order valence-electron chi connectivity index (χ2n) is 4.34. The summed E-state index contributed by atoms with van der Waals surface area (Å²) in [4.78, 5) is 25.6. The van der Waals surface area contributed by atoms with Crippen LogP contribution >= 0.6 is 27.5 Å². The van der Waals surface area contributed by atoms with Gasteiger partial charge in [-0.25, -0.2) is 15.0 Å². The van der Waals surface area contributed by atoms with E-state index in [0.29, 0.717) is 23.8 Å². The summed E-state index contributed by atoms with van der Waals surface area (Å²) in [6.07, 6.45) is 2.81. The first-order chi connectivity index (χ1) is 10.5. The molecule has 112 valence electrons. The highest BCUT2D eigenvalue weighted by molar-refractivity contribution is 9.10. The summed E-state index contributed by atoms with van der Waals surface area (Å²) < 4.78 is 0.850. The maximum atomic E-state index is 10.6. The maximum Gasteiger partial charge on any atom is 0.289 e. The van der Waals surface area contributed by atoms with E-state index in [1.165, 1.54) is 6.07 Å². The lowest BCUT2D eigenvalue weighted by Gasteiger charge is -2.04. The van der Waals surface area contributed by atoms with Crippen LogP contribution in [-0.2, 0) is 6.54 Å². The second kappa shape index (κ2) is 5.85. The Hall–Kier alpha value is -2.26. The van der Waals surface area contributed by atoms with Gasteiger partial charge in [-0.2, -0.15) is 0 Å². The molecule has 3 heterocycles. The van der Waals surface area contributed by atoms with Crippen LogP contribution in [0.25, 0.3) is 11.2 Å². The molecule has 0 atom stereocenters. The van der Waals surface area contributed by atoms with Crippen molar-refractivity contribution in [3.63, 3.8) is 0 Å². The van der Waals surface area contributed by atoms with Crippen LogP contribution in [0.1, 0.15) is 5.82 Å². The topological polar surface area (TPSA) is 110 Å². The summed E-state index contributed by atoms with van der Waals surface area (Å²) in [6, 6.07) is 3.12. The molecule has 3 aromatic rings. The minimum atomic E-state index is -0.550. The van der Waals surface area contributed by atoms with Crippen molar-refractivity contribution in [1.29, 1.82) is 0 Å². The number of nitrogens with one attached hydrogen (secondary N) is 2. The average Bonchev–Trinajstić information content (AvgIpc) is 2.87. The molecule has 0 saturated heterocycles. The Morgan fingerprint density at radius 2 is 2.18 bits per heavy atom. The normalized spacial score (nSPS) is 10.8. The standard InChI is InChI=1S/C12H8BrClN6O2/c13-6-1-9-12(15-3-6)19-10(18-9)5-17-11-8(14)2-7(4-16-11)20(21)22/h1-4H,5H2,(H,16,17)(H,15,18,19). The van der Waals surface area contributed by atoms with Crippen molar-refractivity contribution in [1.82, 2.24) is 19.9 Å². The summed E-state index contributed by atoms with van der Waals surface area (Å²) in [7, 11) is 0. The third kappa shape index (κ3) is 3.00. The van der Waals surface area contributed by atoms with Crippen LogP contribution in [0.5, 0.6) is 0 Å². The first-order valence-corrected chi connectivity index (χ1v) is 7.24. The number of nitrogens with zero attached hydrogens (tertiary/aromatic N) is 4. The van der Waals surface area contributed by atoms with Gasteiger partial charge in [0.1, 0.15) is 17.8 Å². The third-order valence-electron chi connectivity index (χ3n) is 2.81. The molecule has 0 fully saturated rings. The molecule has 22 heavy (non-hydrogen) atoms. The van der Waals surface area contributed by atoms with E-state index in [-0.39, 0.29) is 10.7 Å². The number of H-pyrrole nitrogens is 1. The summed E-state index contributed by atoms with van der Waals surface area (Å²) in [6.45, 7) is 0.332. The molecular formula is C12H8BrClN6O2.